The third kappa shape index (κ3) is 5.26. The molecule has 1 aromatic heterocycles. The standard InChI is InChI=1S/C31H30FNO4S/c1-31(25-17-33-15-12-26(25)35)13-10-19(11-14-31)24-16-27(36)30(29(24)21-4-8-23(34)9-5-21)38-18-28(37)20-2-6-22(32)7-3-20/h2-13,15,17,24,28-30,34,37H,14,16,18H2,1H3,(H,33,35)/t24?,28-,29-,30-,31?/m0/s1. The van der Waals surface area contributed by atoms with Gasteiger partial charge in [0.15, 0.2) is 5.43 Å². The Labute approximate surface area is 225 Å². The van der Waals surface area contributed by atoms with Crippen molar-refractivity contribution in [1.82, 2.24) is 4.98 Å². The zero-order valence-corrected chi connectivity index (χ0v) is 21.8. The summed E-state index contributed by atoms with van der Waals surface area (Å²) in [5.74, 6) is -0.00171. The van der Waals surface area contributed by atoms with Crippen molar-refractivity contribution in [1.29, 1.82) is 0 Å². The number of phenols is 1. The molecule has 5 atom stereocenters. The van der Waals surface area contributed by atoms with E-state index in [4.69, 9.17) is 0 Å². The van der Waals surface area contributed by atoms with Crippen LogP contribution in [-0.2, 0) is 10.2 Å². The molecule has 196 valence electrons. The topological polar surface area (TPSA) is 90.4 Å². The van der Waals surface area contributed by atoms with Gasteiger partial charge in [-0.25, -0.2) is 4.39 Å². The number of benzene rings is 2. The molecule has 2 aromatic carbocycles. The van der Waals surface area contributed by atoms with Gasteiger partial charge in [-0.15, -0.1) is 11.8 Å². The van der Waals surface area contributed by atoms with Gasteiger partial charge in [-0.05, 0) is 53.3 Å². The van der Waals surface area contributed by atoms with E-state index in [-0.39, 0.29) is 39.9 Å². The van der Waals surface area contributed by atoms with Crippen molar-refractivity contribution in [2.24, 2.45) is 5.92 Å². The number of ketones is 1. The third-order valence-corrected chi connectivity index (χ3v) is 9.16. The molecular weight excluding hydrogens is 501 g/mol. The number of aromatic amines is 1. The molecule has 2 aliphatic carbocycles. The number of hydrogen-bond acceptors (Lipinski definition) is 5. The Bertz CT molecular complexity index is 1430. The molecule has 7 heteroatoms. The molecule has 0 spiro atoms. The fourth-order valence-electron chi connectivity index (χ4n) is 5.56. The lowest BCUT2D eigenvalue weighted by Gasteiger charge is -2.31. The molecular formula is C31H30FNO4S. The van der Waals surface area contributed by atoms with Crippen LogP contribution in [0.15, 0.2) is 95.6 Å². The van der Waals surface area contributed by atoms with E-state index >= 15 is 0 Å². The molecule has 3 N–H and O–H groups in total. The Morgan fingerprint density at radius 2 is 1.84 bits per heavy atom. The van der Waals surface area contributed by atoms with Crippen molar-refractivity contribution in [2.45, 2.75) is 42.5 Å². The maximum Gasteiger partial charge on any atom is 0.185 e. The molecule has 3 aromatic rings. The summed E-state index contributed by atoms with van der Waals surface area (Å²) >= 11 is 1.42. The molecule has 38 heavy (non-hydrogen) atoms. The summed E-state index contributed by atoms with van der Waals surface area (Å²) in [5, 5.41) is 20.2. The van der Waals surface area contributed by atoms with E-state index < -0.39 is 11.5 Å². The maximum absolute atomic E-state index is 13.4. The van der Waals surface area contributed by atoms with Crippen LogP contribution >= 0.6 is 11.8 Å². The minimum Gasteiger partial charge on any atom is -0.508 e. The number of thioether (sulfide) groups is 1. The number of aromatic nitrogens is 1. The van der Waals surface area contributed by atoms with Crippen LogP contribution < -0.4 is 5.43 Å². The van der Waals surface area contributed by atoms with Crippen molar-refractivity contribution in [3.05, 3.63) is 124 Å². The molecule has 0 aliphatic heterocycles. The number of aromatic hydroxyl groups is 1. The predicted octanol–water partition coefficient (Wildman–Crippen LogP) is 5.57. The second kappa shape index (κ2) is 10.8. The van der Waals surface area contributed by atoms with Crippen molar-refractivity contribution < 1.29 is 19.4 Å². The van der Waals surface area contributed by atoms with E-state index in [1.54, 1.807) is 36.7 Å². The first kappa shape index (κ1) is 26.2. The summed E-state index contributed by atoms with van der Waals surface area (Å²) in [6, 6.07) is 14.3. The normalized spacial score (nSPS) is 25.8. The average Bonchev–Trinajstić information content (AvgIpc) is 3.24. The van der Waals surface area contributed by atoms with E-state index in [1.807, 2.05) is 25.1 Å². The molecule has 5 rings (SSSR count). The first-order chi connectivity index (χ1) is 18.2. The largest absolute Gasteiger partial charge is 0.508 e. The van der Waals surface area contributed by atoms with Crippen LogP contribution in [0.1, 0.15) is 48.5 Å². The number of carbonyl (C=O) groups excluding carboxylic acids is 1. The van der Waals surface area contributed by atoms with Crippen LogP contribution in [0.3, 0.4) is 0 Å². The summed E-state index contributed by atoms with van der Waals surface area (Å²) < 4.78 is 13.3. The zero-order chi connectivity index (χ0) is 26.9. The number of phenolic OH excluding ortho intramolecular Hbond substituents is 1. The van der Waals surface area contributed by atoms with Crippen LogP contribution in [0.5, 0.6) is 5.75 Å². The second-order valence-electron chi connectivity index (χ2n) is 10.3. The summed E-state index contributed by atoms with van der Waals surface area (Å²) in [6.07, 6.45) is 9.80. The minimum atomic E-state index is -0.827. The van der Waals surface area contributed by atoms with Crippen LogP contribution in [0, 0.1) is 11.7 Å². The quantitative estimate of drug-likeness (QED) is 0.371. The highest BCUT2D eigenvalue weighted by Gasteiger charge is 2.45. The highest BCUT2D eigenvalue weighted by atomic mass is 32.2. The highest BCUT2D eigenvalue weighted by Crippen LogP contribution is 2.49. The van der Waals surface area contributed by atoms with E-state index in [0.717, 1.165) is 11.1 Å². The van der Waals surface area contributed by atoms with Crippen LogP contribution in [-0.4, -0.2) is 32.0 Å². The van der Waals surface area contributed by atoms with Gasteiger partial charge < -0.3 is 15.2 Å². The highest BCUT2D eigenvalue weighted by molar-refractivity contribution is 8.00. The summed E-state index contributed by atoms with van der Waals surface area (Å²) in [5.41, 5.74) is 2.87. The molecule has 1 heterocycles. The number of H-pyrrole nitrogens is 1. The zero-order valence-electron chi connectivity index (χ0n) is 21.0. The van der Waals surface area contributed by atoms with Crippen molar-refractivity contribution in [2.75, 3.05) is 5.75 Å². The number of aliphatic hydroxyl groups excluding tert-OH is 1. The number of aliphatic hydroxyl groups is 1. The average molecular weight is 532 g/mol. The van der Waals surface area contributed by atoms with E-state index in [0.29, 0.717) is 29.7 Å². The summed E-state index contributed by atoms with van der Waals surface area (Å²) in [4.78, 5) is 28.9. The Kier molecular flexibility index (Phi) is 7.41. The molecule has 1 fully saturated rings. The molecule has 0 radical (unpaired) electrons. The number of pyridine rings is 1. The molecule has 2 aliphatic rings. The number of allylic oxidation sites excluding steroid dienone is 4. The number of rotatable bonds is 7. The molecule has 0 bridgehead atoms. The number of hydrogen-bond donors (Lipinski definition) is 3. The van der Waals surface area contributed by atoms with Gasteiger partial charge >= 0.3 is 0 Å². The van der Waals surface area contributed by atoms with E-state index in [2.05, 4.69) is 17.1 Å². The van der Waals surface area contributed by atoms with Crippen molar-refractivity contribution >= 4 is 17.5 Å². The SMILES string of the molecule is CC1(c2c[nH]ccc2=O)C=CC(C2CC(=O)[C@H](SC[C@H](O)c3ccc(F)cc3)[C@H]2c2ccc(O)cc2)=CC1. The van der Waals surface area contributed by atoms with Gasteiger partial charge in [-0.1, -0.05) is 49.4 Å². The lowest BCUT2D eigenvalue weighted by atomic mass is 9.73. The fourth-order valence-corrected chi connectivity index (χ4v) is 6.97. The monoisotopic (exact) mass is 531 g/mol. The molecule has 0 saturated heterocycles. The summed E-state index contributed by atoms with van der Waals surface area (Å²) in [7, 11) is 0. The number of nitrogens with one attached hydrogen (secondary N) is 1. The number of Topliss-reactive ketones (excluding diaryl/α,β-unsaturated/α-hetero) is 1. The Morgan fingerprint density at radius 3 is 2.50 bits per heavy atom. The number of halogens is 1. The number of carbonyl (C=O) groups is 1. The van der Waals surface area contributed by atoms with Gasteiger partial charge in [-0.2, -0.15) is 0 Å². The minimum absolute atomic E-state index is 0.0121. The first-order valence-electron chi connectivity index (χ1n) is 12.7. The second-order valence-corrected chi connectivity index (χ2v) is 11.5. The van der Waals surface area contributed by atoms with Crippen molar-refractivity contribution in [3.63, 3.8) is 0 Å². The molecule has 5 nitrogen and oxygen atoms in total. The first-order valence-corrected chi connectivity index (χ1v) is 13.7. The van der Waals surface area contributed by atoms with Gasteiger partial charge in [0.1, 0.15) is 17.3 Å². The third-order valence-electron chi connectivity index (χ3n) is 7.74. The van der Waals surface area contributed by atoms with Gasteiger partial charge in [-0.3, -0.25) is 9.59 Å². The van der Waals surface area contributed by atoms with Crippen LogP contribution in [0.4, 0.5) is 4.39 Å². The lowest BCUT2D eigenvalue weighted by Crippen LogP contribution is -2.28. The van der Waals surface area contributed by atoms with Crippen LogP contribution in [0.2, 0.25) is 0 Å². The lowest BCUT2D eigenvalue weighted by molar-refractivity contribution is -0.117. The Hall–Kier alpha value is -3.42. The van der Waals surface area contributed by atoms with Gasteiger partial charge in [0, 0.05) is 47.5 Å². The van der Waals surface area contributed by atoms with Gasteiger partial charge in [0.05, 0.1) is 11.4 Å². The molecule has 1 saturated carbocycles. The smallest absolute Gasteiger partial charge is 0.185 e. The summed E-state index contributed by atoms with van der Waals surface area (Å²) in [6.45, 7) is 2.04. The Morgan fingerprint density at radius 1 is 1.11 bits per heavy atom. The Balaban J connectivity index is 1.40. The molecule has 0 amide bonds. The predicted molar refractivity (Wildman–Crippen MR) is 148 cm³/mol. The van der Waals surface area contributed by atoms with Crippen LogP contribution in [0.25, 0.3) is 0 Å². The van der Waals surface area contributed by atoms with E-state index in [1.165, 1.54) is 30.0 Å². The maximum atomic E-state index is 13.4. The van der Waals surface area contributed by atoms with Crippen molar-refractivity contribution in [3.8, 4) is 5.75 Å². The van der Waals surface area contributed by atoms with E-state index in [9.17, 15) is 24.2 Å². The van der Waals surface area contributed by atoms with Gasteiger partial charge in [0.25, 0.3) is 0 Å². The van der Waals surface area contributed by atoms with Gasteiger partial charge in [0.2, 0.25) is 0 Å². The fraction of sp³-hybridized carbons (Fsp3) is 0.290. The molecule has 2 unspecified atom stereocenters.